The lowest BCUT2D eigenvalue weighted by Gasteiger charge is -2.33. The zero-order valence-corrected chi connectivity index (χ0v) is 24.8. The van der Waals surface area contributed by atoms with Gasteiger partial charge in [-0.25, -0.2) is 8.42 Å². The van der Waals surface area contributed by atoms with Crippen LogP contribution in [0.15, 0.2) is 71.6 Å². The minimum Gasteiger partial charge on any atom is -0.355 e. The molecule has 10 heteroatoms. The zero-order valence-electron chi connectivity index (χ0n) is 22.4. The Labute approximate surface area is 240 Å². The molecular weight excluding hydrogens is 557 g/mol. The summed E-state index contributed by atoms with van der Waals surface area (Å²) in [5.41, 5.74) is 2.95. The third-order valence-electron chi connectivity index (χ3n) is 6.29. The van der Waals surface area contributed by atoms with Crippen molar-refractivity contribution in [3.8, 4) is 0 Å². The van der Waals surface area contributed by atoms with Gasteiger partial charge in [-0.1, -0.05) is 77.7 Å². The normalized spacial score (nSPS) is 12.1. The minimum absolute atomic E-state index is 0.0211. The second-order valence-corrected chi connectivity index (χ2v) is 11.9. The van der Waals surface area contributed by atoms with E-state index >= 15 is 0 Å². The Bertz CT molecular complexity index is 1410. The third kappa shape index (κ3) is 7.53. The van der Waals surface area contributed by atoms with Gasteiger partial charge in [0.05, 0.1) is 20.6 Å². The number of halogens is 2. The fourth-order valence-electron chi connectivity index (χ4n) is 4.11. The van der Waals surface area contributed by atoms with E-state index in [-0.39, 0.29) is 33.1 Å². The molecule has 0 aliphatic rings. The first kappa shape index (κ1) is 30.5. The molecule has 0 bridgehead atoms. The largest absolute Gasteiger partial charge is 0.355 e. The standard InChI is InChI=1S/C29H33Cl2N3O4S/c1-5-27(29(36)32-6-2)33(18-22-11-7-20(3)8-12-22)28(35)19-34(23-13-16-25(30)26(31)17-23)39(37,38)24-14-9-21(4)10-15-24/h7-17,27H,5-6,18-19H2,1-4H3,(H,32,36). The van der Waals surface area contributed by atoms with Crippen molar-refractivity contribution >= 4 is 50.7 Å². The molecule has 1 N–H and O–H groups in total. The van der Waals surface area contributed by atoms with Crippen LogP contribution in [0.5, 0.6) is 0 Å². The molecule has 0 aliphatic heterocycles. The predicted octanol–water partition coefficient (Wildman–Crippen LogP) is 5.75. The van der Waals surface area contributed by atoms with Crippen LogP contribution in [-0.2, 0) is 26.2 Å². The van der Waals surface area contributed by atoms with Crippen LogP contribution in [0.3, 0.4) is 0 Å². The van der Waals surface area contributed by atoms with E-state index in [4.69, 9.17) is 23.2 Å². The smallest absolute Gasteiger partial charge is 0.264 e. The molecule has 0 fully saturated rings. The van der Waals surface area contributed by atoms with Crippen molar-refractivity contribution < 1.29 is 18.0 Å². The van der Waals surface area contributed by atoms with Gasteiger partial charge in [0, 0.05) is 13.1 Å². The highest BCUT2D eigenvalue weighted by Crippen LogP contribution is 2.31. The number of likely N-dealkylation sites (N-methyl/N-ethyl adjacent to an activating group) is 1. The number of nitrogens with zero attached hydrogens (tertiary/aromatic N) is 2. The first-order chi connectivity index (χ1) is 18.5. The average Bonchev–Trinajstić information content (AvgIpc) is 2.90. The molecule has 2 amide bonds. The molecule has 0 aromatic heterocycles. The fourth-order valence-corrected chi connectivity index (χ4v) is 5.81. The Morgan fingerprint density at radius 3 is 2.00 bits per heavy atom. The van der Waals surface area contributed by atoms with Crippen molar-refractivity contribution in [2.45, 2.75) is 51.6 Å². The maximum atomic E-state index is 14.0. The molecule has 39 heavy (non-hydrogen) atoms. The predicted molar refractivity (Wildman–Crippen MR) is 157 cm³/mol. The second-order valence-electron chi connectivity index (χ2n) is 9.25. The van der Waals surface area contributed by atoms with Gasteiger partial charge in [-0.3, -0.25) is 13.9 Å². The van der Waals surface area contributed by atoms with E-state index < -0.39 is 28.5 Å². The summed E-state index contributed by atoms with van der Waals surface area (Å²) in [6.45, 7) is 7.42. The summed E-state index contributed by atoms with van der Waals surface area (Å²) in [6.07, 6.45) is 0.348. The van der Waals surface area contributed by atoms with Crippen LogP contribution in [0.2, 0.25) is 10.0 Å². The number of carbonyl (C=O) groups excluding carboxylic acids is 2. The van der Waals surface area contributed by atoms with Crippen molar-refractivity contribution in [2.75, 3.05) is 17.4 Å². The Kier molecular flexibility index (Phi) is 10.4. The number of sulfonamides is 1. The van der Waals surface area contributed by atoms with Crippen LogP contribution >= 0.6 is 23.2 Å². The second kappa shape index (κ2) is 13.3. The number of anilines is 1. The Hall–Kier alpha value is -3.07. The monoisotopic (exact) mass is 589 g/mol. The molecular formula is C29H33Cl2N3O4S. The van der Waals surface area contributed by atoms with E-state index in [0.29, 0.717) is 13.0 Å². The van der Waals surface area contributed by atoms with Crippen LogP contribution in [0.1, 0.15) is 37.0 Å². The number of rotatable bonds is 11. The number of aryl methyl sites for hydroxylation is 2. The quantitative estimate of drug-likeness (QED) is 0.308. The number of benzene rings is 3. The maximum Gasteiger partial charge on any atom is 0.264 e. The van der Waals surface area contributed by atoms with Gasteiger partial charge < -0.3 is 10.2 Å². The third-order valence-corrected chi connectivity index (χ3v) is 8.82. The molecule has 3 aromatic rings. The lowest BCUT2D eigenvalue weighted by molar-refractivity contribution is -0.140. The van der Waals surface area contributed by atoms with Crippen LogP contribution in [-0.4, -0.2) is 44.3 Å². The van der Waals surface area contributed by atoms with Gasteiger partial charge in [0.1, 0.15) is 12.6 Å². The van der Waals surface area contributed by atoms with Crippen molar-refractivity contribution in [2.24, 2.45) is 0 Å². The molecule has 208 valence electrons. The van der Waals surface area contributed by atoms with Gasteiger partial charge in [0.25, 0.3) is 10.0 Å². The van der Waals surface area contributed by atoms with Crippen molar-refractivity contribution in [3.05, 3.63) is 93.5 Å². The molecule has 0 saturated heterocycles. The van der Waals surface area contributed by atoms with Gasteiger partial charge in [0.2, 0.25) is 11.8 Å². The van der Waals surface area contributed by atoms with Gasteiger partial charge in [-0.05, 0) is 63.1 Å². The van der Waals surface area contributed by atoms with Crippen molar-refractivity contribution in [1.29, 1.82) is 0 Å². The summed E-state index contributed by atoms with van der Waals surface area (Å²) in [5, 5.41) is 3.19. The minimum atomic E-state index is -4.19. The van der Waals surface area contributed by atoms with E-state index in [1.165, 1.54) is 35.2 Å². The lowest BCUT2D eigenvalue weighted by Crippen LogP contribution is -2.52. The van der Waals surface area contributed by atoms with E-state index in [1.807, 2.05) is 45.0 Å². The first-order valence-electron chi connectivity index (χ1n) is 12.6. The van der Waals surface area contributed by atoms with E-state index in [2.05, 4.69) is 5.32 Å². The van der Waals surface area contributed by atoms with Gasteiger partial charge in [-0.2, -0.15) is 0 Å². The molecule has 3 rings (SSSR count). The molecule has 7 nitrogen and oxygen atoms in total. The lowest BCUT2D eigenvalue weighted by atomic mass is 10.1. The Morgan fingerprint density at radius 2 is 1.46 bits per heavy atom. The molecule has 0 radical (unpaired) electrons. The summed E-state index contributed by atoms with van der Waals surface area (Å²) in [7, 11) is -4.19. The highest BCUT2D eigenvalue weighted by atomic mass is 35.5. The van der Waals surface area contributed by atoms with Crippen LogP contribution in [0, 0.1) is 13.8 Å². The molecule has 1 unspecified atom stereocenters. The number of nitrogens with one attached hydrogen (secondary N) is 1. The van der Waals surface area contributed by atoms with Gasteiger partial charge in [0.15, 0.2) is 0 Å². The first-order valence-corrected chi connectivity index (χ1v) is 14.8. The summed E-state index contributed by atoms with van der Waals surface area (Å²) in [5.74, 6) is -0.835. The molecule has 0 heterocycles. The Morgan fingerprint density at radius 1 is 0.872 bits per heavy atom. The number of carbonyl (C=O) groups is 2. The maximum absolute atomic E-state index is 14.0. The number of hydrogen-bond donors (Lipinski definition) is 1. The molecule has 1 atom stereocenters. The van der Waals surface area contributed by atoms with Crippen molar-refractivity contribution in [1.82, 2.24) is 10.2 Å². The fraction of sp³-hybridized carbons (Fsp3) is 0.310. The van der Waals surface area contributed by atoms with Crippen LogP contribution in [0.25, 0.3) is 0 Å². The topological polar surface area (TPSA) is 86.8 Å². The molecule has 0 spiro atoms. The average molecular weight is 591 g/mol. The highest BCUT2D eigenvalue weighted by molar-refractivity contribution is 7.92. The number of amides is 2. The van der Waals surface area contributed by atoms with Gasteiger partial charge in [-0.15, -0.1) is 0 Å². The van der Waals surface area contributed by atoms with Crippen LogP contribution < -0.4 is 9.62 Å². The molecule has 0 aliphatic carbocycles. The molecule has 0 saturated carbocycles. The summed E-state index contributed by atoms with van der Waals surface area (Å²) >= 11 is 12.3. The number of hydrogen-bond acceptors (Lipinski definition) is 4. The summed E-state index contributed by atoms with van der Waals surface area (Å²) in [4.78, 5) is 28.4. The SMILES string of the molecule is CCNC(=O)C(CC)N(Cc1ccc(C)cc1)C(=O)CN(c1ccc(Cl)c(Cl)c1)S(=O)(=O)c1ccc(C)cc1. The zero-order chi connectivity index (χ0) is 28.7. The molecule has 3 aromatic carbocycles. The van der Waals surface area contributed by atoms with Crippen molar-refractivity contribution in [3.63, 3.8) is 0 Å². The highest BCUT2D eigenvalue weighted by Gasteiger charge is 2.33. The summed E-state index contributed by atoms with van der Waals surface area (Å²) in [6, 6.07) is 17.6. The van der Waals surface area contributed by atoms with Gasteiger partial charge >= 0.3 is 0 Å². The summed E-state index contributed by atoms with van der Waals surface area (Å²) < 4.78 is 28.7. The van der Waals surface area contributed by atoms with E-state index in [1.54, 1.807) is 19.1 Å². The van der Waals surface area contributed by atoms with E-state index in [0.717, 1.165) is 21.0 Å². The Balaban J connectivity index is 2.08. The van der Waals surface area contributed by atoms with Crippen LogP contribution in [0.4, 0.5) is 5.69 Å². The van der Waals surface area contributed by atoms with E-state index in [9.17, 15) is 18.0 Å².